The molecule has 39 heavy (non-hydrogen) atoms. The quantitative estimate of drug-likeness (QED) is 0.353. The zero-order chi connectivity index (χ0) is 27.9. The van der Waals surface area contributed by atoms with Crippen LogP contribution in [0.25, 0.3) is 0 Å². The summed E-state index contributed by atoms with van der Waals surface area (Å²) in [4.78, 5) is 38.8. The smallest absolute Gasteiger partial charge is 0.306 e. The van der Waals surface area contributed by atoms with Crippen LogP contribution in [0.3, 0.4) is 0 Å². The number of imide groups is 1. The second-order valence-electron chi connectivity index (χ2n) is 10.5. The Morgan fingerprint density at radius 1 is 1.05 bits per heavy atom. The van der Waals surface area contributed by atoms with Crippen molar-refractivity contribution in [2.75, 3.05) is 26.8 Å². The minimum Gasteiger partial charge on any atom is -0.493 e. The van der Waals surface area contributed by atoms with Gasteiger partial charge in [-0.1, -0.05) is 29.8 Å². The number of nitrogens with zero attached hydrogens (tertiary/aromatic N) is 2. The summed E-state index contributed by atoms with van der Waals surface area (Å²) in [6.07, 6.45) is 3.78. The van der Waals surface area contributed by atoms with Gasteiger partial charge < -0.3 is 14.6 Å². The molecule has 0 radical (unpaired) electrons. The van der Waals surface area contributed by atoms with Gasteiger partial charge in [-0.05, 0) is 73.9 Å². The van der Waals surface area contributed by atoms with Gasteiger partial charge in [0.15, 0.2) is 11.5 Å². The number of carbonyl (C=O) groups excluding carboxylic acids is 2. The summed E-state index contributed by atoms with van der Waals surface area (Å²) in [5, 5.41) is 10.1. The van der Waals surface area contributed by atoms with Crippen molar-refractivity contribution >= 4 is 29.4 Å². The lowest BCUT2D eigenvalue weighted by molar-refractivity contribution is -0.143. The van der Waals surface area contributed by atoms with E-state index in [4.69, 9.17) is 21.1 Å². The summed E-state index contributed by atoms with van der Waals surface area (Å²) in [5.41, 5.74) is 2.22. The monoisotopic (exact) mass is 556 g/mol. The van der Waals surface area contributed by atoms with E-state index in [0.29, 0.717) is 29.0 Å². The third-order valence-corrected chi connectivity index (χ3v) is 8.18. The topological polar surface area (TPSA) is 96.4 Å². The predicted molar refractivity (Wildman–Crippen MR) is 148 cm³/mol. The maximum absolute atomic E-state index is 11.8. The normalized spacial score (nSPS) is 20.4. The van der Waals surface area contributed by atoms with Gasteiger partial charge in [0, 0.05) is 37.0 Å². The fourth-order valence-electron chi connectivity index (χ4n) is 5.52. The van der Waals surface area contributed by atoms with E-state index in [1.165, 1.54) is 4.90 Å². The Bertz CT molecular complexity index is 1150. The average molecular weight is 557 g/mol. The molecule has 0 unspecified atom stereocenters. The molecule has 0 aromatic heterocycles. The van der Waals surface area contributed by atoms with Gasteiger partial charge in [0.05, 0.1) is 19.6 Å². The third-order valence-electron chi connectivity index (χ3n) is 7.93. The van der Waals surface area contributed by atoms with Crippen LogP contribution in [0.15, 0.2) is 42.5 Å². The number of likely N-dealkylation sites (tertiary alicyclic amines) is 1. The molecule has 1 N–H and O–H groups in total. The van der Waals surface area contributed by atoms with E-state index < -0.39 is 5.97 Å². The highest BCUT2D eigenvalue weighted by atomic mass is 35.5. The fourth-order valence-corrected chi connectivity index (χ4v) is 5.64. The minimum absolute atomic E-state index is 0.122. The summed E-state index contributed by atoms with van der Waals surface area (Å²) in [5.74, 6) is 0.345. The number of amides is 2. The number of methoxy groups -OCH3 is 1. The Hall–Kier alpha value is -3.10. The van der Waals surface area contributed by atoms with Gasteiger partial charge in [-0.2, -0.15) is 0 Å². The highest BCUT2D eigenvalue weighted by molar-refractivity contribution is 6.30. The molecule has 1 aliphatic carbocycles. The van der Waals surface area contributed by atoms with Gasteiger partial charge >= 0.3 is 5.97 Å². The Balaban J connectivity index is 1.45. The van der Waals surface area contributed by atoms with E-state index in [2.05, 4.69) is 24.0 Å². The minimum atomic E-state index is -0.687. The molecule has 1 heterocycles. The van der Waals surface area contributed by atoms with E-state index in [9.17, 15) is 19.5 Å². The molecule has 0 spiro atoms. The first kappa shape index (κ1) is 28.9. The highest BCUT2D eigenvalue weighted by Gasteiger charge is 2.30. The molecule has 2 aromatic rings. The maximum Gasteiger partial charge on any atom is 0.306 e. The number of carboxylic acid groups (broad SMARTS) is 1. The predicted octanol–water partition coefficient (Wildman–Crippen LogP) is 5.33. The second-order valence-corrected chi connectivity index (χ2v) is 10.9. The molecular weight excluding hydrogens is 520 g/mol. The van der Waals surface area contributed by atoms with Gasteiger partial charge in [0.2, 0.25) is 11.8 Å². The molecule has 1 saturated carbocycles. The summed E-state index contributed by atoms with van der Waals surface area (Å²) in [6.45, 7) is 4.14. The molecule has 9 heteroatoms. The highest BCUT2D eigenvalue weighted by Crippen LogP contribution is 2.34. The number of hydrogen-bond acceptors (Lipinski definition) is 6. The standard InChI is InChI=1S/C30H37ClN2O6/c1-20(23-8-10-25(31)11-9-23)32(18-21-3-6-24(7-4-21)30(36)37)19-22-5-12-26(27(17-22)38-2)39-16-15-33-28(34)13-14-29(33)35/h5,8-12,17,20-21,24H,3-4,6-7,13-16,18-19H2,1-2H3,(H,36,37)/t20-,21?,24?/m1/s1. The second kappa shape index (κ2) is 13.3. The average Bonchev–Trinajstić information content (AvgIpc) is 3.26. The van der Waals surface area contributed by atoms with Gasteiger partial charge in [-0.3, -0.25) is 24.2 Å². The van der Waals surface area contributed by atoms with E-state index >= 15 is 0 Å². The number of carbonyl (C=O) groups is 3. The molecule has 210 valence electrons. The number of ether oxygens (including phenoxy) is 2. The van der Waals surface area contributed by atoms with Crippen LogP contribution >= 0.6 is 11.6 Å². The lowest BCUT2D eigenvalue weighted by Crippen LogP contribution is -2.34. The molecule has 1 saturated heterocycles. The first-order valence-electron chi connectivity index (χ1n) is 13.6. The van der Waals surface area contributed by atoms with Crippen LogP contribution in [0.4, 0.5) is 0 Å². The summed E-state index contributed by atoms with van der Waals surface area (Å²) in [6, 6.07) is 13.9. The van der Waals surface area contributed by atoms with Gasteiger partial charge in [0.1, 0.15) is 6.61 Å². The van der Waals surface area contributed by atoms with E-state index in [1.54, 1.807) is 7.11 Å². The van der Waals surface area contributed by atoms with Crippen LogP contribution in [-0.2, 0) is 20.9 Å². The zero-order valence-electron chi connectivity index (χ0n) is 22.6. The number of halogens is 1. The van der Waals surface area contributed by atoms with E-state index in [1.807, 2.05) is 30.3 Å². The van der Waals surface area contributed by atoms with Crippen LogP contribution < -0.4 is 9.47 Å². The largest absolute Gasteiger partial charge is 0.493 e. The van der Waals surface area contributed by atoms with Crippen molar-refractivity contribution in [1.29, 1.82) is 0 Å². The number of benzene rings is 2. The molecule has 4 rings (SSSR count). The maximum atomic E-state index is 11.8. The SMILES string of the molecule is COc1cc(CN(CC2CCC(C(=O)O)CC2)[C@H](C)c2ccc(Cl)cc2)ccc1OCCN1C(=O)CCC1=O. The van der Waals surface area contributed by atoms with Crippen molar-refractivity contribution < 1.29 is 29.0 Å². The van der Waals surface area contributed by atoms with Gasteiger partial charge in [0.25, 0.3) is 0 Å². The van der Waals surface area contributed by atoms with Crippen LogP contribution in [0.2, 0.25) is 5.02 Å². The Morgan fingerprint density at radius 3 is 2.33 bits per heavy atom. The van der Waals surface area contributed by atoms with Crippen molar-refractivity contribution in [1.82, 2.24) is 9.80 Å². The van der Waals surface area contributed by atoms with Crippen LogP contribution in [-0.4, -0.2) is 59.5 Å². The van der Waals surface area contributed by atoms with Crippen LogP contribution in [0.5, 0.6) is 11.5 Å². The van der Waals surface area contributed by atoms with E-state index in [0.717, 1.165) is 43.4 Å². The van der Waals surface area contributed by atoms with Crippen molar-refractivity contribution in [3.05, 3.63) is 58.6 Å². The van der Waals surface area contributed by atoms with E-state index in [-0.39, 0.29) is 49.8 Å². The van der Waals surface area contributed by atoms with Gasteiger partial charge in [-0.15, -0.1) is 0 Å². The molecule has 1 aliphatic heterocycles. The summed E-state index contributed by atoms with van der Waals surface area (Å²) in [7, 11) is 1.59. The summed E-state index contributed by atoms with van der Waals surface area (Å²) < 4.78 is 11.5. The summed E-state index contributed by atoms with van der Waals surface area (Å²) >= 11 is 6.13. The first-order valence-corrected chi connectivity index (χ1v) is 14.0. The molecule has 2 fully saturated rings. The zero-order valence-corrected chi connectivity index (χ0v) is 23.4. The third kappa shape index (κ3) is 7.51. The number of rotatable bonds is 12. The lowest BCUT2D eigenvalue weighted by Gasteiger charge is -2.35. The lowest BCUT2D eigenvalue weighted by atomic mass is 9.81. The number of hydrogen-bond donors (Lipinski definition) is 1. The number of aliphatic carboxylic acids is 1. The molecule has 1 atom stereocenters. The Morgan fingerprint density at radius 2 is 1.72 bits per heavy atom. The molecule has 2 amide bonds. The first-order chi connectivity index (χ1) is 18.7. The van der Waals surface area contributed by atoms with Crippen LogP contribution in [0, 0.1) is 11.8 Å². The molecule has 0 bridgehead atoms. The van der Waals surface area contributed by atoms with Crippen LogP contribution in [0.1, 0.15) is 62.6 Å². The molecule has 2 aromatic carbocycles. The fraction of sp³-hybridized carbons (Fsp3) is 0.500. The molecule has 8 nitrogen and oxygen atoms in total. The number of carboxylic acids is 1. The van der Waals surface area contributed by atoms with Crippen molar-refractivity contribution in [3.63, 3.8) is 0 Å². The van der Waals surface area contributed by atoms with Crippen molar-refractivity contribution in [2.45, 2.75) is 58.0 Å². The molecule has 2 aliphatic rings. The molecular formula is C30H37ClN2O6. The Kier molecular flexibility index (Phi) is 9.86. The Labute approximate surface area is 234 Å². The van der Waals surface area contributed by atoms with Crippen molar-refractivity contribution in [2.24, 2.45) is 11.8 Å². The van der Waals surface area contributed by atoms with Gasteiger partial charge in [-0.25, -0.2) is 0 Å². The van der Waals surface area contributed by atoms with Crippen molar-refractivity contribution in [3.8, 4) is 11.5 Å².